The summed E-state index contributed by atoms with van der Waals surface area (Å²) >= 11 is 1.36. The zero-order chi connectivity index (χ0) is 16.1. The Morgan fingerprint density at radius 2 is 1.87 bits per heavy atom. The lowest BCUT2D eigenvalue weighted by Crippen LogP contribution is -2.20. The van der Waals surface area contributed by atoms with Crippen LogP contribution in [-0.2, 0) is 4.79 Å². The van der Waals surface area contributed by atoms with Crippen molar-refractivity contribution >= 4 is 22.4 Å². The Hall–Kier alpha value is -2.60. The number of amides is 1. The van der Waals surface area contributed by atoms with Crippen LogP contribution in [0.5, 0.6) is 0 Å². The van der Waals surface area contributed by atoms with Gasteiger partial charge in [0.15, 0.2) is 0 Å². The van der Waals surface area contributed by atoms with E-state index in [2.05, 4.69) is 20.5 Å². The fraction of sp³-hybridized carbons (Fsp3) is 0.176. The molecule has 0 bridgehead atoms. The molecule has 0 saturated heterocycles. The molecule has 2 heterocycles. The minimum absolute atomic E-state index is 0.0591. The molecule has 23 heavy (non-hydrogen) atoms. The van der Waals surface area contributed by atoms with E-state index in [9.17, 15) is 4.79 Å². The third-order valence-corrected chi connectivity index (χ3v) is 4.40. The van der Waals surface area contributed by atoms with Crippen LogP contribution in [-0.4, -0.2) is 21.1 Å². The van der Waals surface area contributed by atoms with Crippen LogP contribution < -0.4 is 5.32 Å². The largest absolute Gasteiger partial charge is 0.300 e. The highest BCUT2D eigenvalue weighted by molar-refractivity contribution is 7.18. The molecule has 3 rings (SSSR count). The molecule has 116 valence electrons. The summed E-state index contributed by atoms with van der Waals surface area (Å²) < 4.78 is 0. The van der Waals surface area contributed by atoms with Gasteiger partial charge in [-0.25, -0.2) is 0 Å². The van der Waals surface area contributed by atoms with Gasteiger partial charge in [-0.15, -0.1) is 10.2 Å². The minimum Gasteiger partial charge on any atom is -0.300 e. The highest BCUT2D eigenvalue weighted by Crippen LogP contribution is 2.27. The third kappa shape index (κ3) is 3.60. The van der Waals surface area contributed by atoms with Gasteiger partial charge in [0.1, 0.15) is 5.01 Å². The Balaban J connectivity index is 1.74. The lowest BCUT2D eigenvalue weighted by atomic mass is 9.96. The Morgan fingerprint density at radius 1 is 1.13 bits per heavy atom. The van der Waals surface area contributed by atoms with Crippen LogP contribution in [0.25, 0.3) is 10.6 Å². The number of carbonyl (C=O) groups excluding carboxylic acids is 1. The molecule has 0 radical (unpaired) electrons. The number of nitrogens with one attached hydrogen (secondary N) is 1. The maximum absolute atomic E-state index is 12.5. The van der Waals surface area contributed by atoms with Gasteiger partial charge in [0.25, 0.3) is 0 Å². The molecule has 1 aromatic carbocycles. The summed E-state index contributed by atoms with van der Waals surface area (Å²) in [4.78, 5) is 16.5. The molecule has 1 atom stereocenters. The van der Waals surface area contributed by atoms with Gasteiger partial charge in [0.2, 0.25) is 11.0 Å². The molecule has 0 spiro atoms. The fourth-order valence-electron chi connectivity index (χ4n) is 2.34. The highest BCUT2D eigenvalue weighted by Gasteiger charge is 2.20. The Kier molecular flexibility index (Phi) is 4.73. The Morgan fingerprint density at radius 3 is 2.57 bits per heavy atom. The predicted octanol–water partition coefficient (Wildman–Crippen LogP) is 3.73. The summed E-state index contributed by atoms with van der Waals surface area (Å²) in [6.45, 7) is 2.00. The molecular formula is C17H16N4OS. The van der Waals surface area contributed by atoms with Crippen LogP contribution in [0.1, 0.15) is 24.8 Å². The van der Waals surface area contributed by atoms with E-state index in [0.29, 0.717) is 5.13 Å². The van der Waals surface area contributed by atoms with E-state index in [1.807, 2.05) is 49.4 Å². The lowest BCUT2D eigenvalue weighted by Gasteiger charge is -2.13. The zero-order valence-electron chi connectivity index (χ0n) is 12.6. The lowest BCUT2D eigenvalue weighted by molar-refractivity contribution is -0.117. The van der Waals surface area contributed by atoms with Crippen molar-refractivity contribution in [1.29, 1.82) is 0 Å². The second-order valence-electron chi connectivity index (χ2n) is 5.01. The van der Waals surface area contributed by atoms with Crippen molar-refractivity contribution in [2.45, 2.75) is 19.3 Å². The number of carbonyl (C=O) groups is 1. The molecule has 0 aliphatic heterocycles. The van der Waals surface area contributed by atoms with Crippen molar-refractivity contribution in [3.8, 4) is 10.6 Å². The van der Waals surface area contributed by atoms with Gasteiger partial charge in [-0.3, -0.25) is 15.1 Å². The molecule has 1 amide bonds. The molecule has 1 N–H and O–H groups in total. The normalized spacial score (nSPS) is 11.9. The van der Waals surface area contributed by atoms with E-state index in [1.165, 1.54) is 11.3 Å². The van der Waals surface area contributed by atoms with Crippen molar-refractivity contribution in [3.63, 3.8) is 0 Å². The number of hydrogen-bond acceptors (Lipinski definition) is 5. The van der Waals surface area contributed by atoms with Crippen LogP contribution >= 0.6 is 11.3 Å². The zero-order valence-corrected chi connectivity index (χ0v) is 13.5. The van der Waals surface area contributed by atoms with Gasteiger partial charge in [-0.2, -0.15) is 0 Å². The first-order chi connectivity index (χ1) is 11.3. The van der Waals surface area contributed by atoms with E-state index in [4.69, 9.17) is 0 Å². The molecule has 0 aliphatic rings. The Labute approximate surface area is 138 Å². The summed E-state index contributed by atoms with van der Waals surface area (Å²) in [5, 5.41) is 12.3. The van der Waals surface area contributed by atoms with Gasteiger partial charge < -0.3 is 0 Å². The first kappa shape index (κ1) is 15.3. The number of rotatable bonds is 5. The summed E-state index contributed by atoms with van der Waals surface area (Å²) in [5.74, 6) is -0.249. The van der Waals surface area contributed by atoms with E-state index < -0.39 is 0 Å². The average molecular weight is 324 g/mol. The highest BCUT2D eigenvalue weighted by atomic mass is 32.1. The van der Waals surface area contributed by atoms with E-state index in [0.717, 1.165) is 22.6 Å². The van der Waals surface area contributed by atoms with Gasteiger partial charge in [-0.1, -0.05) is 48.6 Å². The van der Waals surface area contributed by atoms with Crippen molar-refractivity contribution in [1.82, 2.24) is 15.2 Å². The van der Waals surface area contributed by atoms with E-state index in [-0.39, 0.29) is 11.8 Å². The van der Waals surface area contributed by atoms with E-state index >= 15 is 0 Å². The maximum Gasteiger partial charge on any atom is 0.233 e. The maximum atomic E-state index is 12.5. The van der Waals surface area contributed by atoms with Crippen LogP contribution in [0, 0.1) is 0 Å². The standard InChI is InChI=1S/C17H16N4OS/c1-2-14(12-6-4-3-5-7-12)15(22)19-17-21-20-16(23-17)13-8-10-18-11-9-13/h3-11,14H,2H2,1H3,(H,19,21,22). The number of aromatic nitrogens is 3. The van der Waals surface area contributed by atoms with Crippen LogP contribution in [0.4, 0.5) is 5.13 Å². The molecule has 2 aromatic heterocycles. The summed E-state index contributed by atoms with van der Waals surface area (Å²) in [6, 6.07) is 13.5. The van der Waals surface area contributed by atoms with Gasteiger partial charge in [0, 0.05) is 18.0 Å². The molecular weight excluding hydrogens is 308 g/mol. The van der Waals surface area contributed by atoms with Crippen molar-refractivity contribution in [3.05, 3.63) is 60.4 Å². The van der Waals surface area contributed by atoms with Gasteiger partial charge in [0.05, 0.1) is 5.92 Å². The fourth-order valence-corrected chi connectivity index (χ4v) is 3.09. The van der Waals surface area contributed by atoms with Crippen LogP contribution in [0.3, 0.4) is 0 Å². The molecule has 0 aliphatic carbocycles. The molecule has 0 fully saturated rings. The van der Waals surface area contributed by atoms with Crippen molar-refractivity contribution < 1.29 is 4.79 Å². The van der Waals surface area contributed by atoms with Crippen LogP contribution in [0.2, 0.25) is 0 Å². The third-order valence-electron chi connectivity index (χ3n) is 3.51. The molecule has 6 heteroatoms. The molecule has 0 saturated carbocycles. The second kappa shape index (κ2) is 7.11. The summed E-state index contributed by atoms with van der Waals surface area (Å²) in [5.41, 5.74) is 1.94. The number of pyridine rings is 1. The van der Waals surface area contributed by atoms with E-state index in [1.54, 1.807) is 12.4 Å². The molecule has 5 nitrogen and oxygen atoms in total. The first-order valence-corrected chi connectivity index (χ1v) is 8.19. The Bertz CT molecular complexity index is 774. The molecule has 1 unspecified atom stereocenters. The minimum atomic E-state index is -0.190. The van der Waals surface area contributed by atoms with Crippen molar-refractivity contribution in [2.75, 3.05) is 5.32 Å². The number of nitrogens with zero attached hydrogens (tertiary/aromatic N) is 3. The molecule has 3 aromatic rings. The smallest absolute Gasteiger partial charge is 0.233 e. The first-order valence-electron chi connectivity index (χ1n) is 7.37. The quantitative estimate of drug-likeness (QED) is 0.776. The summed E-state index contributed by atoms with van der Waals surface area (Å²) in [7, 11) is 0. The monoisotopic (exact) mass is 324 g/mol. The SMILES string of the molecule is CCC(C(=O)Nc1nnc(-c2ccncc2)s1)c1ccccc1. The summed E-state index contributed by atoms with van der Waals surface area (Å²) in [6.07, 6.45) is 4.14. The topological polar surface area (TPSA) is 67.8 Å². The van der Waals surface area contributed by atoms with Gasteiger partial charge in [-0.05, 0) is 24.1 Å². The second-order valence-corrected chi connectivity index (χ2v) is 5.99. The average Bonchev–Trinajstić information content (AvgIpc) is 3.06. The predicted molar refractivity (Wildman–Crippen MR) is 91.2 cm³/mol. The number of hydrogen-bond donors (Lipinski definition) is 1. The number of benzene rings is 1. The number of anilines is 1. The van der Waals surface area contributed by atoms with Crippen LogP contribution in [0.15, 0.2) is 54.9 Å². The van der Waals surface area contributed by atoms with Gasteiger partial charge >= 0.3 is 0 Å². The van der Waals surface area contributed by atoms with Crippen molar-refractivity contribution in [2.24, 2.45) is 0 Å².